The number of hydrogen-bond acceptors (Lipinski definition) is 4. The van der Waals surface area contributed by atoms with Crippen LogP contribution in [-0.4, -0.2) is 24.0 Å². The molecule has 3 rings (SSSR count). The number of anilines is 3. The summed E-state index contributed by atoms with van der Waals surface area (Å²) >= 11 is 0. The number of nitrogens with zero attached hydrogens (tertiary/aromatic N) is 2. The van der Waals surface area contributed by atoms with Crippen molar-refractivity contribution >= 4 is 23.1 Å². The monoisotopic (exact) mass is 347 g/mol. The Labute approximate surface area is 153 Å². The van der Waals surface area contributed by atoms with Gasteiger partial charge in [0.25, 0.3) is 5.91 Å². The smallest absolute Gasteiger partial charge is 0.262 e. The molecular formula is C21H21N3O2. The Kier molecular flexibility index (Phi) is 5.83. The lowest BCUT2D eigenvalue weighted by molar-refractivity contribution is -0.118. The van der Waals surface area contributed by atoms with E-state index >= 15 is 0 Å². The lowest BCUT2D eigenvalue weighted by atomic mass is 10.2. The molecule has 0 aliphatic rings. The minimum absolute atomic E-state index is 0.0448. The van der Waals surface area contributed by atoms with Crippen LogP contribution in [-0.2, 0) is 4.79 Å². The zero-order valence-electron chi connectivity index (χ0n) is 14.6. The van der Waals surface area contributed by atoms with E-state index in [2.05, 4.69) is 22.1 Å². The van der Waals surface area contributed by atoms with E-state index in [0.29, 0.717) is 11.4 Å². The van der Waals surface area contributed by atoms with Gasteiger partial charge in [0, 0.05) is 12.2 Å². The van der Waals surface area contributed by atoms with Gasteiger partial charge in [-0.15, -0.1) is 0 Å². The van der Waals surface area contributed by atoms with Crippen molar-refractivity contribution in [2.75, 3.05) is 23.4 Å². The van der Waals surface area contributed by atoms with Gasteiger partial charge in [0.05, 0.1) is 11.9 Å². The number of carbonyl (C=O) groups excluding carboxylic acids is 1. The average molecular weight is 347 g/mol. The van der Waals surface area contributed by atoms with E-state index in [1.807, 2.05) is 72.8 Å². The third-order valence-corrected chi connectivity index (χ3v) is 3.81. The molecule has 3 aromatic rings. The number of benzene rings is 2. The summed E-state index contributed by atoms with van der Waals surface area (Å²) in [6.07, 6.45) is 1.65. The second-order valence-electron chi connectivity index (χ2n) is 5.63. The molecule has 0 bridgehead atoms. The minimum Gasteiger partial charge on any atom is -0.484 e. The molecule has 0 aliphatic carbocycles. The first-order valence-corrected chi connectivity index (χ1v) is 8.52. The first-order chi connectivity index (χ1) is 12.8. The number of aromatic nitrogens is 1. The Morgan fingerprint density at radius 2 is 1.69 bits per heavy atom. The maximum atomic E-state index is 12.0. The molecule has 1 heterocycles. The molecule has 0 aliphatic heterocycles. The van der Waals surface area contributed by atoms with Gasteiger partial charge in [-0.25, -0.2) is 4.98 Å². The van der Waals surface area contributed by atoms with E-state index in [1.165, 1.54) is 0 Å². The van der Waals surface area contributed by atoms with Gasteiger partial charge in [-0.3, -0.25) is 4.79 Å². The van der Waals surface area contributed by atoms with Crippen molar-refractivity contribution in [3.05, 3.63) is 79.0 Å². The van der Waals surface area contributed by atoms with Crippen molar-refractivity contribution in [2.24, 2.45) is 0 Å². The van der Waals surface area contributed by atoms with E-state index < -0.39 is 0 Å². The molecule has 0 fully saturated rings. The molecule has 1 N–H and O–H groups in total. The quantitative estimate of drug-likeness (QED) is 0.694. The molecule has 132 valence electrons. The highest BCUT2D eigenvalue weighted by molar-refractivity contribution is 5.91. The topological polar surface area (TPSA) is 54.5 Å². The van der Waals surface area contributed by atoms with Crippen LogP contribution in [0.3, 0.4) is 0 Å². The molecule has 5 nitrogen and oxygen atoms in total. The van der Waals surface area contributed by atoms with E-state index in [4.69, 9.17) is 4.74 Å². The molecule has 2 aromatic carbocycles. The molecular weight excluding hydrogens is 326 g/mol. The average Bonchev–Trinajstić information content (AvgIpc) is 2.70. The van der Waals surface area contributed by atoms with E-state index in [1.54, 1.807) is 6.20 Å². The van der Waals surface area contributed by atoms with Crippen LogP contribution in [0.15, 0.2) is 79.0 Å². The molecule has 0 spiro atoms. The van der Waals surface area contributed by atoms with E-state index in [9.17, 15) is 4.79 Å². The molecule has 26 heavy (non-hydrogen) atoms. The molecule has 0 radical (unpaired) electrons. The van der Waals surface area contributed by atoms with Gasteiger partial charge in [-0.05, 0) is 43.3 Å². The first kappa shape index (κ1) is 17.5. The second-order valence-corrected chi connectivity index (χ2v) is 5.63. The number of rotatable bonds is 7. The van der Waals surface area contributed by atoms with Crippen LogP contribution in [0.25, 0.3) is 0 Å². The third-order valence-electron chi connectivity index (χ3n) is 3.81. The maximum Gasteiger partial charge on any atom is 0.262 e. The van der Waals surface area contributed by atoms with Gasteiger partial charge < -0.3 is 15.0 Å². The predicted octanol–water partition coefficient (Wildman–Crippen LogP) is 4.26. The van der Waals surface area contributed by atoms with Gasteiger partial charge in [0.1, 0.15) is 11.6 Å². The summed E-state index contributed by atoms with van der Waals surface area (Å²) in [5, 5.41) is 2.79. The summed E-state index contributed by atoms with van der Waals surface area (Å²) in [4.78, 5) is 18.6. The van der Waals surface area contributed by atoms with E-state index in [-0.39, 0.29) is 12.5 Å². The van der Waals surface area contributed by atoms with Crippen molar-refractivity contribution in [3.8, 4) is 5.75 Å². The molecule has 5 heteroatoms. The van der Waals surface area contributed by atoms with Crippen LogP contribution in [0.5, 0.6) is 5.75 Å². The van der Waals surface area contributed by atoms with Gasteiger partial charge >= 0.3 is 0 Å². The number of pyridine rings is 1. The Hall–Kier alpha value is -3.34. The predicted molar refractivity (Wildman–Crippen MR) is 104 cm³/mol. The van der Waals surface area contributed by atoms with Crippen LogP contribution in [0.1, 0.15) is 6.92 Å². The number of nitrogens with one attached hydrogen (secondary N) is 1. The lowest BCUT2D eigenvalue weighted by Gasteiger charge is -2.22. The highest BCUT2D eigenvalue weighted by atomic mass is 16.5. The summed E-state index contributed by atoms with van der Waals surface area (Å²) in [5.41, 5.74) is 1.72. The second kappa shape index (κ2) is 8.67. The fraction of sp³-hybridized carbons (Fsp3) is 0.143. The standard InChI is InChI=1S/C21H21N3O2/c1-2-24(18-9-5-3-6-10-18)20-14-13-17(15-22-20)23-21(25)16-26-19-11-7-4-8-12-19/h3-15H,2,16H2,1H3,(H,23,25). The highest BCUT2D eigenvalue weighted by Crippen LogP contribution is 2.23. The summed E-state index contributed by atoms with van der Waals surface area (Å²) in [6, 6.07) is 23.1. The van der Waals surface area contributed by atoms with Crippen molar-refractivity contribution in [2.45, 2.75) is 6.92 Å². The highest BCUT2D eigenvalue weighted by Gasteiger charge is 2.09. The third kappa shape index (κ3) is 4.60. The SMILES string of the molecule is CCN(c1ccccc1)c1ccc(NC(=O)COc2ccccc2)cn1. The van der Waals surface area contributed by atoms with Crippen molar-refractivity contribution in [1.82, 2.24) is 4.98 Å². The molecule has 0 saturated carbocycles. The summed E-state index contributed by atoms with van der Waals surface area (Å²) in [5.74, 6) is 1.27. The molecule has 0 atom stereocenters. The maximum absolute atomic E-state index is 12.0. The zero-order chi connectivity index (χ0) is 18.2. The first-order valence-electron chi connectivity index (χ1n) is 8.52. The van der Waals surface area contributed by atoms with Gasteiger partial charge in [-0.2, -0.15) is 0 Å². The van der Waals surface area contributed by atoms with Crippen molar-refractivity contribution < 1.29 is 9.53 Å². The van der Waals surface area contributed by atoms with Crippen molar-refractivity contribution in [1.29, 1.82) is 0 Å². The number of para-hydroxylation sites is 2. The zero-order valence-corrected chi connectivity index (χ0v) is 14.6. The molecule has 1 amide bonds. The van der Waals surface area contributed by atoms with Crippen LogP contribution in [0.4, 0.5) is 17.2 Å². The van der Waals surface area contributed by atoms with E-state index in [0.717, 1.165) is 18.1 Å². The Morgan fingerprint density at radius 1 is 1.00 bits per heavy atom. The van der Waals surface area contributed by atoms with Gasteiger partial charge in [-0.1, -0.05) is 36.4 Å². The molecule has 1 aromatic heterocycles. The van der Waals surface area contributed by atoms with Crippen LogP contribution >= 0.6 is 0 Å². The fourth-order valence-corrected chi connectivity index (χ4v) is 2.57. The number of amides is 1. The Balaban J connectivity index is 1.59. The summed E-state index contributed by atoms with van der Waals surface area (Å²) in [7, 11) is 0. The Morgan fingerprint density at radius 3 is 2.31 bits per heavy atom. The number of ether oxygens (including phenoxy) is 1. The fourth-order valence-electron chi connectivity index (χ4n) is 2.57. The minimum atomic E-state index is -0.223. The summed E-state index contributed by atoms with van der Waals surface area (Å²) in [6.45, 7) is 2.83. The molecule has 0 unspecified atom stereocenters. The van der Waals surface area contributed by atoms with Crippen LogP contribution < -0.4 is 15.0 Å². The Bertz CT molecular complexity index is 821. The molecule has 0 saturated heterocycles. The van der Waals surface area contributed by atoms with Crippen molar-refractivity contribution in [3.63, 3.8) is 0 Å². The van der Waals surface area contributed by atoms with Gasteiger partial charge in [0.2, 0.25) is 0 Å². The lowest BCUT2D eigenvalue weighted by Crippen LogP contribution is -2.21. The van der Waals surface area contributed by atoms with Crippen LogP contribution in [0, 0.1) is 0 Å². The van der Waals surface area contributed by atoms with Crippen LogP contribution in [0.2, 0.25) is 0 Å². The number of carbonyl (C=O) groups is 1. The normalized spacial score (nSPS) is 10.2. The largest absolute Gasteiger partial charge is 0.484 e. The number of hydrogen-bond donors (Lipinski definition) is 1. The van der Waals surface area contributed by atoms with Gasteiger partial charge in [0.15, 0.2) is 6.61 Å². The summed E-state index contributed by atoms with van der Waals surface area (Å²) < 4.78 is 5.44.